The molecule has 1 aliphatic rings. The topological polar surface area (TPSA) is 111 Å². The first-order valence-electron chi connectivity index (χ1n) is 9.89. The Morgan fingerprint density at radius 3 is 2.56 bits per heavy atom. The zero-order valence-corrected chi connectivity index (χ0v) is 18.1. The molecule has 0 saturated carbocycles. The molecule has 0 bridgehead atoms. The third-order valence-electron chi connectivity index (χ3n) is 5.16. The number of aromatic nitrogens is 2. The van der Waals surface area contributed by atoms with Crippen LogP contribution in [-0.4, -0.2) is 54.7 Å². The average Bonchev–Trinajstić information content (AvgIpc) is 2.79. The molecule has 0 aliphatic carbocycles. The molecule has 0 spiro atoms. The molecule has 1 N–H and O–H groups in total. The second-order valence-corrected chi connectivity index (χ2v) is 9.21. The van der Waals surface area contributed by atoms with Crippen LogP contribution in [0.15, 0.2) is 52.2 Å². The van der Waals surface area contributed by atoms with Gasteiger partial charge in [-0.15, -0.1) is 0 Å². The predicted molar refractivity (Wildman–Crippen MR) is 115 cm³/mol. The lowest BCUT2D eigenvalue weighted by molar-refractivity contribution is -0.115. The molecule has 2 aromatic carbocycles. The Bertz CT molecular complexity index is 1350. The van der Waals surface area contributed by atoms with Crippen LogP contribution >= 0.6 is 0 Å². The molecule has 4 rings (SSSR count). The maximum Gasteiger partial charge on any atom is 0.274 e. The molecule has 2 heterocycles. The fourth-order valence-corrected chi connectivity index (χ4v) is 5.07. The van der Waals surface area contributed by atoms with Gasteiger partial charge in [0.2, 0.25) is 15.9 Å². The SMILES string of the molecule is Cn1nc(CC(=O)Nc2ccc(F)c(S(=O)(=O)N3CCOCC3)c2)c2ccccc2c1=O. The number of nitrogens with one attached hydrogen (secondary N) is 1. The number of fused-ring (bicyclic) bond motifs is 1. The summed E-state index contributed by atoms with van der Waals surface area (Å²) >= 11 is 0. The number of aryl methyl sites for hydroxylation is 1. The number of hydrogen-bond acceptors (Lipinski definition) is 6. The zero-order chi connectivity index (χ0) is 22.9. The van der Waals surface area contributed by atoms with E-state index < -0.39 is 26.6 Å². The van der Waals surface area contributed by atoms with Gasteiger partial charge >= 0.3 is 0 Å². The highest BCUT2D eigenvalue weighted by atomic mass is 32.2. The summed E-state index contributed by atoms with van der Waals surface area (Å²) in [6, 6.07) is 10.2. The highest BCUT2D eigenvalue weighted by Crippen LogP contribution is 2.24. The number of rotatable bonds is 5. The molecule has 0 atom stereocenters. The Kier molecular flexibility index (Phi) is 6.04. The largest absolute Gasteiger partial charge is 0.379 e. The molecule has 1 saturated heterocycles. The van der Waals surface area contributed by atoms with Crippen LogP contribution in [0.5, 0.6) is 0 Å². The summed E-state index contributed by atoms with van der Waals surface area (Å²) in [4.78, 5) is 24.4. The van der Waals surface area contributed by atoms with Crippen molar-refractivity contribution in [3.8, 4) is 0 Å². The summed E-state index contributed by atoms with van der Waals surface area (Å²) in [5.74, 6) is -1.39. The number of halogens is 1. The monoisotopic (exact) mass is 460 g/mol. The second kappa shape index (κ2) is 8.77. The predicted octanol–water partition coefficient (Wildman–Crippen LogP) is 1.27. The summed E-state index contributed by atoms with van der Waals surface area (Å²) in [6.07, 6.45) is -0.155. The van der Waals surface area contributed by atoms with Crippen molar-refractivity contribution in [2.75, 3.05) is 31.6 Å². The summed E-state index contributed by atoms with van der Waals surface area (Å²) < 4.78 is 47.5. The molecule has 3 aromatic rings. The average molecular weight is 460 g/mol. The molecule has 1 aliphatic heterocycles. The van der Waals surface area contributed by atoms with Crippen LogP contribution < -0.4 is 10.9 Å². The minimum Gasteiger partial charge on any atom is -0.379 e. The summed E-state index contributed by atoms with van der Waals surface area (Å²) in [5, 5.41) is 7.77. The van der Waals surface area contributed by atoms with E-state index in [4.69, 9.17) is 4.74 Å². The van der Waals surface area contributed by atoms with Crippen LogP contribution in [0, 0.1) is 5.82 Å². The van der Waals surface area contributed by atoms with E-state index in [1.807, 2.05) is 0 Å². The van der Waals surface area contributed by atoms with Gasteiger partial charge in [-0.3, -0.25) is 9.59 Å². The van der Waals surface area contributed by atoms with Crippen molar-refractivity contribution in [2.45, 2.75) is 11.3 Å². The Balaban J connectivity index is 1.59. The number of amides is 1. The number of benzene rings is 2. The van der Waals surface area contributed by atoms with E-state index in [0.717, 1.165) is 21.1 Å². The van der Waals surface area contributed by atoms with E-state index >= 15 is 0 Å². The molecule has 32 heavy (non-hydrogen) atoms. The van der Waals surface area contributed by atoms with E-state index in [1.54, 1.807) is 24.3 Å². The maximum absolute atomic E-state index is 14.4. The van der Waals surface area contributed by atoms with Crippen molar-refractivity contribution in [1.29, 1.82) is 0 Å². The van der Waals surface area contributed by atoms with Crippen LogP contribution in [0.2, 0.25) is 0 Å². The summed E-state index contributed by atoms with van der Waals surface area (Å²) in [5.41, 5.74) is 0.252. The number of carbonyl (C=O) groups is 1. The van der Waals surface area contributed by atoms with Crippen molar-refractivity contribution >= 4 is 32.4 Å². The molecule has 1 fully saturated rings. The van der Waals surface area contributed by atoms with Gasteiger partial charge in [0, 0.05) is 31.2 Å². The fraction of sp³-hybridized carbons (Fsp3) is 0.286. The van der Waals surface area contributed by atoms with Crippen LogP contribution in [0.3, 0.4) is 0 Å². The molecule has 0 unspecified atom stereocenters. The lowest BCUT2D eigenvalue weighted by Crippen LogP contribution is -2.40. The third kappa shape index (κ3) is 4.27. The van der Waals surface area contributed by atoms with Gasteiger partial charge in [0.1, 0.15) is 10.7 Å². The molecule has 9 nitrogen and oxygen atoms in total. The smallest absolute Gasteiger partial charge is 0.274 e. The number of anilines is 1. The number of carbonyl (C=O) groups excluding carboxylic acids is 1. The highest BCUT2D eigenvalue weighted by molar-refractivity contribution is 7.89. The number of sulfonamides is 1. The van der Waals surface area contributed by atoms with Crippen molar-refractivity contribution in [3.05, 3.63) is 64.3 Å². The van der Waals surface area contributed by atoms with Gasteiger partial charge in [0.05, 0.1) is 30.7 Å². The van der Waals surface area contributed by atoms with E-state index in [9.17, 15) is 22.4 Å². The zero-order valence-electron chi connectivity index (χ0n) is 17.2. The Morgan fingerprint density at radius 1 is 1.16 bits per heavy atom. The number of ether oxygens (including phenoxy) is 1. The Morgan fingerprint density at radius 2 is 1.84 bits per heavy atom. The summed E-state index contributed by atoms with van der Waals surface area (Å²) in [7, 11) is -2.57. The molecule has 168 valence electrons. The van der Waals surface area contributed by atoms with Gasteiger partial charge in [0.25, 0.3) is 5.56 Å². The number of nitrogens with zero attached hydrogens (tertiary/aromatic N) is 3. The number of hydrogen-bond donors (Lipinski definition) is 1. The van der Waals surface area contributed by atoms with Crippen LogP contribution in [0.4, 0.5) is 10.1 Å². The van der Waals surface area contributed by atoms with Crippen LogP contribution in [0.25, 0.3) is 10.8 Å². The quantitative estimate of drug-likeness (QED) is 0.614. The van der Waals surface area contributed by atoms with Gasteiger partial charge < -0.3 is 10.1 Å². The van der Waals surface area contributed by atoms with Crippen molar-refractivity contribution in [2.24, 2.45) is 7.05 Å². The molecule has 11 heteroatoms. The fourth-order valence-electron chi connectivity index (χ4n) is 3.57. The summed E-state index contributed by atoms with van der Waals surface area (Å²) in [6.45, 7) is 0.725. The first-order valence-corrected chi connectivity index (χ1v) is 11.3. The molecule has 1 aromatic heterocycles. The maximum atomic E-state index is 14.4. The van der Waals surface area contributed by atoms with E-state index in [0.29, 0.717) is 16.5 Å². The van der Waals surface area contributed by atoms with Crippen molar-refractivity contribution in [3.63, 3.8) is 0 Å². The minimum absolute atomic E-state index is 0.129. The van der Waals surface area contributed by atoms with E-state index in [1.165, 1.54) is 13.1 Å². The van der Waals surface area contributed by atoms with Crippen LogP contribution in [0.1, 0.15) is 5.69 Å². The lowest BCUT2D eigenvalue weighted by Gasteiger charge is -2.26. The Hall–Kier alpha value is -3.15. The van der Waals surface area contributed by atoms with Gasteiger partial charge in [-0.2, -0.15) is 9.40 Å². The normalized spacial score (nSPS) is 15.1. The Labute approximate surface area is 183 Å². The van der Waals surface area contributed by atoms with Crippen LogP contribution in [-0.2, 0) is 33.0 Å². The first kappa shape index (κ1) is 22.1. The van der Waals surface area contributed by atoms with Crippen molar-refractivity contribution < 1.29 is 22.3 Å². The first-order chi connectivity index (χ1) is 15.3. The van der Waals surface area contributed by atoms with E-state index in [2.05, 4.69) is 10.4 Å². The minimum atomic E-state index is -4.07. The van der Waals surface area contributed by atoms with Gasteiger partial charge in [-0.1, -0.05) is 18.2 Å². The second-order valence-electron chi connectivity index (χ2n) is 7.31. The highest BCUT2D eigenvalue weighted by Gasteiger charge is 2.29. The number of morpholine rings is 1. The molecule has 1 amide bonds. The van der Waals surface area contributed by atoms with Gasteiger partial charge in [-0.25, -0.2) is 17.5 Å². The standard InChI is InChI=1S/C21H21FN4O5S/c1-25-21(28)16-5-3-2-4-15(16)18(24-25)13-20(27)23-14-6-7-17(22)19(12-14)32(29,30)26-8-10-31-11-9-26/h2-7,12H,8-11,13H2,1H3,(H,23,27). The molecular formula is C21H21FN4O5S. The molecule has 0 radical (unpaired) electrons. The third-order valence-corrected chi connectivity index (χ3v) is 7.08. The van der Waals surface area contributed by atoms with E-state index in [-0.39, 0.29) is 44.0 Å². The lowest BCUT2D eigenvalue weighted by atomic mass is 10.1. The van der Waals surface area contributed by atoms with Crippen molar-refractivity contribution in [1.82, 2.24) is 14.1 Å². The van der Waals surface area contributed by atoms with Gasteiger partial charge in [-0.05, 0) is 24.3 Å². The van der Waals surface area contributed by atoms with Gasteiger partial charge in [0.15, 0.2) is 0 Å². The molecular weight excluding hydrogens is 439 g/mol.